The molecule has 0 saturated heterocycles. The summed E-state index contributed by atoms with van der Waals surface area (Å²) in [4.78, 5) is 36.4. The molecule has 5 nitrogen and oxygen atoms in total. The van der Waals surface area contributed by atoms with E-state index in [-0.39, 0.29) is 23.6 Å². The van der Waals surface area contributed by atoms with Gasteiger partial charge >= 0.3 is 5.97 Å². The van der Waals surface area contributed by atoms with E-state index in [0.717, 1.165) is 35.1 Å². The molecule has 0 amide bonds. The molecule has 0 heterocycles. The van der Waals surface area contributed by atoms with Crippen LogP contribution in [0.3, 0.4) is 0 Å². The number of rotatable bonds is 13. The van der Waals surface area contributed by atoms with E-state index in [1.807, 2.05) is 38.2 Å². The molecule has 2 N–H and O–H groups in total. The number of ketones is 2. The summed E-state index contributed by atoms with van der Waals surface area (Å²) >= 11 is 0. The van der Waals surface area contributed by atoms with Gasteiger partial charge in [-0.3, -0.25) is 14.4 Å². The second-order valence-corrected chi connectivity index (χ2v) is 10.1. The van der Waals surface area contributed by atoms with E-state index in [0.29, 0.717) is 38.5 Å². The first-order chi connectivity index (χ1) is 14.5. The summed E-state index contributed by atoms with van der Waals surface area (Å²) in [6, 6.07) is 0. The van der Waals surface area contributed by atoms with Gasteiger partial charge in [-0.1, -0.05) is 38.2 Å². The van der Waals surface area contributed by atoms with Gasteiger partial charge in [0.25, 0.3) is 0 Å². The first-order valence-corrected chi connectivity index (χ1v) is 11.2. The standard InChI is InChI=1S/C26H36O5/c1-25(2,17-27)15-5-7-18-9-11-20(22(18)28)13-14-21-12-10-19(23(21)29)8-6-16-26(3,4)24(30)31/h9-12,27H,5-8,13-17H2,1-4H3,(H,30,31). The van der Waals surface area contributed by atoms with Crippen LogP contribution in [0.15, 0.2) is 46.6 Å². The van der Waals surface area contributed by atoms with Crippen molar-refractivity contribution in [2.24, 2.45) is 10.8 Å². The maximum absolute atomic E-state index is 12.6. The van der Waals surface area contributed by atoms with Crippen LogP contribution in [0, 0.1) is 10.8 Å². The van der Waals surface area contributed by atoms with Gasteiger partial charge in [0.1, 0.15) is 0 Å². The van der Waals surface area contributed by atoms with Gasteiger partial charge in [-0.05, 0) is 81.8 Å². The number of Topliss-reactive ketones (excluding diaryl/α,β-unsaturated/α-hetero) is 2. The molecule has 0 bridgehead atoms. The Morgan fingerprint density at radius 1 is 0.742 bits per heavy atom. The summed E-state index contributed by atoms with van der Waals surface area (Å²) in [5.41, 5.74) is 2.11. The highest BCUT2D eigenvalue weighted by atomic mass is 16.4. The number of allylic oxidation sites excluding steroid dienone is 8. The number of carbonyl (C=O) groups excluding carboxylic acids is 2. The largest absolute Gasteiger partial charge is 0.481 e. The summed E-state index contributed by atoms with van der Waals surface area (Å²) in [5, 5.41) is 18.5. The number of aliphatic hydroxyl groups is 1. The third kappa shape index (κ3) is 6.86. The molecule has 0 aliphatic heterocycles. The third-order valence-electron chi connectivity index (χ3n) is 6.36. The molecule has 31 heavy (non-hydrogen) atoms. The second-order valence-electron chi connectivity index (χ2n) is 10.1. The minimum atomic E-state index is -0.822. The van der Waals surface area contributed by atoms with E-state index in [2.05, 4.69) is 0 Å². The zero-order valence-electron chi connectivity index (χ0n) is 19.3. The number of hydrogen-bond acceptors (Lipinski definition) is 4. The Bertz CT molecular complexity index is 849. The van der Waals surface area contributed by atoms with Crippen molar-refractivity contribution in [1.29, 1.82) is 0 Å². The van der Waals surface area contributed by atoms with Gasteiger partial charge in [-0.2, -0.15) is 0 Å². The molecule has 0 unspecified atom stereocenters. The van der Waals surface area contributed by atoms with Crippen LogP contribution in [-0.2, 0) is 14.4 Å². The summed E-state index contributed by atoms with van der Waals surface area (Å²) in [7, 11) is 0. The van der Waals surface area contributed by atoms with Gasteiger partial charge in [0.05, 0.1) is 5.41 Å². The topological polar surface area (TPSA) is 91.7 Å². The highest BCUT2D eigenvalue weighted by Crippen LogP contribution is 2.31. The van der Waals surface area contributed by atoms with Crippen molar-refractivity contribution in [1.82, 2.24) is 0 Å². The van der Waals surface area contributed by atoms with E-state index >= 15 is 0 Å². The van der Waals surface area contributed by atoms with Crippen LogP contribution < -0.4 is 0 Å². The molecule has 0 aromatic heterocycles. The Labute approximate surface area is 185 Å². The van der Waals surface area contributed by atoms with E-state index in [1.54, 1.807) is 13.8 Å². The van der Waals surface area contributed by atoms with Gasteiger partial charge in [-0.25, -0.2) is 0 Å². The van der Waals surface area contributed by atoms with Gasteiger partial charge in [0.2, 0.25) is 0 Å². The predicted octanol–water partition coefficient (Wildman–Crippen LogP) is 5.11. The van der Waals surface area contributed by atoms with Gasteiger partial charge < -0.3 is 10.2 Å². The van der Waals surface area contributed by atoms with Gasteiger partial charge in [0.15, 0.2) is 11.6 Å². The SMILES string of the molecule is CC(C)(CO)CCCC1=CC=C(CCC2=CC=C(CCCC(C)(C)C(=O)O)C2=O)C1=O. The van der Waals surface area contributed by atoms with Crippen molar-refractivity contribution in [3.8, 4) is 0 Å². The molecular weight excluding hydrogens is 392 g/mol. The molecule has 5 heteroatoms. The molecule has 0 aromatic rings. The Hall–Kier alpha value is -2.27. The van der Waals surface area contributed by atoms with E-state index < -0.39 is 11.4 Å². The minimum absolute atomic E-state index is 0.0265. The van der Waals surface area contributed by atoms with Crippen LogP contribution in [0.4, 0.5) is 0 Å². The summed E-state index contributed by atoms with van der Waals surface area (Å²) in [5.74, 6) is -0.715. The van der Waals surface area contributed by atoms with E-state index in [4.69, 9.17) is 0 Å². The molecule has 0 spiro atoms. The Balaban J connectivity index is 1.73. The molecule has 0 fully saturated rings. The summed E-state index contributed by atoms with van der Waals surface area (Å²) in [6.45, 7) is 7.57. The lowest BCUT2D eigenvalue weighted by atomic mass is 9.86. The van der Waals surface area contributed by atoms with Gasteiger partial charge in [0, 0.05) is 17.8 Å². The molecule has 2 aliphatic rings. The third-order valence-corrected chi connectivity index (χ3v) is 6.36. The lowest BCUT2D eigenvalue weighted by molar-refractivity contribution is -0.147. The van der Waals surface area contributed by atoms with Crippen LogP contribution in [0.2, 0.25) is 0 Å². The highest BCUT2D eigenvalue weighted by molar-refractivity contribution is 6.12. The first kappa shape index (κ1) is 25.0. The summed E-state index contributed by atoms with van der Waals surface area (Å²) in [6.07, 6.45) is 12.7. The molecule has 2 aliphatic carbocycles. The average Bonchev–Trinajstić information content (AvgIpc) is 3.23. The molecule has 0 radical (unpaired) electrons. The fourth-order valence-electron chi connectivity index (χ4n) is 3.84. The highest BCUT2D eigenvalue weighted by Gasteiger charge is 2.28. The van der Waals surface area contributed by atoms with Crippen LogP contribution >= 0.6 is 0 Å². The normalized spacial score (nSPS) is 16.9. The molecule has 0 aromatic carbocycles. The number of aliphatic hydroxyl groups excluding tert-OH is 1. The smallest absolute Gasteiger partial charge is 0.309 e. The van der Waals surface area contributed by atoms with Crippen LogP contribution in [0.25, 0.3) is 0 Å². The summed E-state index contributed by atoms with van der Waals surface area (Å²) < 4.78 is 0. The van der Waals surface area contributed by atoms with Crippen molar-refractivity contribution < 1.29 is 24.6 Å². The molecule has 0 saturated carbocycles. The number of hydrogen-bond donors (Lipinski definition) is 2. The van der Waals surface area contributed by atoms with E-state index in [9.17, 15) is 24.6 Å². The second kappa shape index (κ2) is 10.4. The predicted molar refractivity (Wildman–Crippen MR) is 122 cm³/mol. The van der Waals surface area contributed by atoms with Crippen LogP contribution in [0.1, 0.15) is 79.1 Å². The number of carboxylic acids is 1. The average molecular weight is 429 g/mol. The van der Waals surface area contributed by atoms with Crippen molar-refractivity contribution >= 4 is 17.5 Å². The minimum Gasteiger partial charge on any atom is -0.481 e. The quantitative estimate of drug-likeness (QED) is 0.425. The zero-order valence-corrected chi connectivity index (χ0v) is 19.3. The van der Waals surface area contributed by atoms with Crippen LogP contribution in [0.5, 0.6) is 0 Å². The van der Waals surface area contributed by atoms with E-state index in [1.165, 1.54) is 0 Å². The first-order valence-electron chi connectivity index (χ1n) is 11.2. The number of carbonyl (C=O) groups is 3. The number of carboxylic acid groups (broad SMARTS) is 1. The van der Waals surface area contributed by atoms with Crippen molar-refractivity contribution in [3.63, 3.8) is 0 Å². The lowest BCUT2D eigenvalue weighted by Gasteiger charge is -2.21. The van der Waals surface area contributed by atoms with Crippen molar-refractivity contribution in [2.45, 2.75) is 79.1 Å². The molecule has 2 rings (SSSR count). The Morgan fingerprint density at radius 2 is 1.13 bits per heavy atom. The molecule has 0 atom stereocenters. The zero-order chi connectivity index (χ0) is 23.2. The van der Waals surface area contributed by atoms with Crippen LogP contribution in [-0.4, -0.2) is 34.4 Å². The lowest BCUT2D eigenvalue weighted by Crippen LogP contribution is -2.23. The fraction of sp³-hybridized carbons (Fsp3) is 0.577. The maximum Gasteiger partial charge on any atom is 0.309 e. The van der Waals surface area contributed by atoms with Crippen molar-refractivity contribution in [3.05, 3.63) is 46.6 Å². The Kier molecular flexibility index (Phi) is 8.35. The molecule has 170 valence electrons. The monoisotopic (exact) mass is 428 g/mol. The molecular formula is C26H36O5. The van der Waals surface area contributed by atoms with Gasteiger partial charge in [-0.15, -0.1) is 0 Å². The fourth-order valence-corrected chi connectivity index (χ4v) is 3.84. The maximum atomic E-state index is 12.6. The van der Waals surface area contributed by atoms with Crippen molar-refractivity contribution in [2.75, 3.05) is 6.61 Å². The number of aliphatic carboxylic acids is 1. The Morgan fingerprint density at radius 3 is 1.52 bits per heavy atom.